The Labute approximate surface area is 123 Å². The van der Waals surface area contributed by atoms with E-state index in [4.69, 9.17) is 0 Å². The number of hydrogen-bond acceptors (Lipinski definition) is 2. The standard InChI is InChI=1S/C15H28N2O.ClH/c1-17(12-9-13-5-3-2-4-6-13)15(18)14-7-10-16-11-8-14;/h13-14,16H,2-12H2,1H3;1H. The number of carbonyl (C=O) groups is 1. The summed E-state index contributed by atoms with van der Waals surface area (Å²) in [5.41, 5.74) is 0. The van der Waals surface area contributed by atoms with Gasteiger partial charge in [0.1, 0.15) is 0 Å². The minimum Gasteiger partial charge on any atom is -0.346 e. The molecule has 19 heavy (non-hydrogen) atoms. The van der Waals surface area contributed by atoms with Gasteiger partial charge >= 0.3 is 0 Å². The van der Waals surface area contributed by atoms with Gasteiger partial charge in [0.05, 0.1) is 0 Å². The third kappa shape index (κ3) is 5.31. The SMILES string of the molecule is CN(CCC1CCCCC1)C(=O)C1CCNCC1.Cl. The summed E-state index contributed by atoms with van der Waals surface area (Å²) >= 11 is 0. The monoisotopic (exact) mass is 288 g/mol. The van der Waals surface area contributed by atoms with Crippen LogP contribution in [0.4, 0.5) is 0 Å². The second-order valence-corrected chi connectivity index (χ2v) is 6.08. The van der Waals surface area contributed by atoms with Crippen LogP contribution in [0.2, 0.25) is 0 Å². The van der Waals surface area contributed by atoms with Crippen molar-refractivity contribution in [3.8, 4) is 0 Å². The topological polar surface area (TPSA) is 32.3 Å². The minimum atomic E-state index is 0. The van der Waals surface area contributed by atoms with Gasteiger partial charge in [-0.15, -0.1) is 12.4 Å². The number of halogens is 1. The van der Waals surface area contributed by atoms with Crippen molar-refractivity contribution in [3.05, 3.63) is 0 Å². The lowest BCUT2D eigenvalue weighted by atomic mass is 9.87. The number of nitrogens with zero attached hydrogens (tertiary/aromatic N) is 1. The van der Waals surface area contributed by atoms with Gasteiger partial charge in [-0.05, 0) is 38.3 Å². The first-order chi connectivity index (χ1) is 8.77. The average Bonchev–Trinajstić information content (AvgIpc) is 2.46. The van der Waals surface area contributed by atoms with Gasteiger partial charge < -0.3 is 10.2 Å². The quantitative estimate of drug-likeness (QED) is 0.863. The Bertz CT molecular complexity index is 261. The summed E-state index contributed by atoms with van der Waals surface area (Å²) in [6.07, 6.45) is 10.2. The van der Waals surface area contributed by atoms with Crippen LogP contribution in [0.1, 0.15) is 51.4 Å². The maximum absolute atomic E-state index is 12.3. The second-order valence-electron chi connectivity index (χ2n) is 6.08. The van der Waals surface area contributed by atoms with E-state index >= 15 is 0 Å². The number of hydrogen-bond donors (Lipinski definition) is 1. The Hall–Kier alpha value is -0.280. The van der Waals surface area contributed by atoms with Crippen LogP contribution in [0.3, 0.4) is 0 Å². The van der Waals surface area contributed by atoms with Crippen LogP contribution < -0.4 is 5.32 Å². The van der Waals surface area contributed by atoms with Crippen molar-refractivity contribution in [1.29, 1.82) is 0 Å². The van der Waals surface area contributed by atoms with Gasteiger partial charge in [0.2, 0.25) is 5.91 Å². The van der Waals surface area contributed by atoms with E-state index in [-0.39, 0.29) is 18.3 Å². The van der Waals surface area contributed by atoms with Gasteiger partial charge in [0.25, 0.3) is 0 Å². The minimum absolute atomic E-state index is 0. The molecule has 0 unspecified atom stereocenters. The zero-order valence-electron chi connectivity index (χ0n) is 12.2. The fourth-order valence-corrected chi connectivity index (χ4v) is 3.34. The van der Waals surface area contributed by atoms with Gasteiger partial charge in [0.15, 0.2) is 0 Å². The molecule has 2 rings (SSSR count). The molecule has 0 bridgehead atoms. The maximum Gasteiger partial charge on any atom is 0.225 e. The number of amides is 1. The van der Waals surface area contributed by atoms with E-state index in [0.717, 1.165) is 38.4 Å². The lowest BCUT2D eigenvalue weighted by molar-refractivity contribution is -0.135. The second kappa shape index (κ2) is 8.80. The van der Waals surface area contributed by atoms with Crippen LogP contribution in [0, 0.1) is 11.8 Å². The summed E-state index contributed by atoms with van der Waals surface area (Å²) in [7, 11) is 1.99. The fourth-order valence-electron chi connectivity index (χ4n) is 3.34. The molecule has 3 nitrogen and oxygen atoms in total. The molecule has 2 aliphatic rings. The van der Waals surface area contributed by atoms with E-state index in [1.165, 1.54) is 38.5 Å². The van der Waals surface area contributed by atoms with Crippen LogP contribution in [0.15, 0.2) is 0 Å². The third-order valence-corrected chi connectivity index (χ3v) is 4.66. The summed E-state index contributed by atoms with van der Waals surface area (Å²) in [5, 5.41) is 3.32. The van der Waals surface area contributed by atoms with E-state index in [1.54, 1.807) is 0 Å². The highest BCUT2D eigenvalue weighted by Crippen LogP contribution is 2.26. The van der Waals surface area contributed by atoms with Gasteiger partial charge in [-0.1, -0.05) is 32.1 Å². The molecule has 2 fully saturated rings. The van der Waals surface area contributed by atoms with Crippen molar-refractivity contribution in [2.45, 2.75) is 51.4 Å². The highest BCUT2D eigenvalue weighted by atomic mass is 35.5. The zero-order valence-corrected chi connectivity index (χ0v) is 13.0. The Morgan fingerprint density at radius 1 is 1.11 bits per heavy atom. The molecule has 0 aromatic rings. The molecule has 4 heteroatoms. The van der Waals surface area contributed by atoms with Crippen molar-refractivity contribution in [3.63, 3.8) is 0 Å². The smallest absolute Gasteiger partial charge is 0.225 e. The number of piperidine rings is 1. The van der Waals surface area contributed by atoms with Crippen molar-refractivity contribution < 1.29 is 4.79 Å². The Morgan fingerprint density at radius 3 is 2.37 bits per heavy atom. The normalized spacial score (nSPS) is 21.7. The number of rotatable bonds is 4. The molecule has 1 aliphatic carbocycles. The highest BCUT2D eigenvalue weighted by molar-refractivity contribution is 5.85. The summed E-state index contributed by atoms with van der Waals surface area (Å²) in [6.45, 7) is 2.98. The van der Waals surface area contributed by atoms with Gasteiger partial charge in [-0.3, -0.25) is 4.79 Å². The van der Waals surface area contributed by atoms with Crippen molar-refractivity contribution in [2.24, 2.45) is 11.8 Å². The zero-order chi connectivity index (χ0) is 12.8. The number of carbonyl (C=O) groups excluding carboxylic acids is 1. The third-order valence-electron chi connectivity index (χ3n) is 4.66. The van der Waals surface area contributed by atoms with E-state index < -0.39 is 0 Å². The maximum atomic E-state index is 12.3. The highest BCUT2D eigenvalue weighted by Gasteiger charge is 2.24. The van der Waals surface area contributed by atoms with E-state index in [2.05, 4.69) is 5.32 Å². The molecular weight excluding hydrogens is 260 g/mol. The van der Waals surface area contributed by atoms with E-state index in [1.807, 2.05) is 11.9 Å². The van der Waals surface area contributed by atoms with Crippen molar-refractivity contribution >= 4 is 18.3 Å². The summed E-state index contributed by atoms with van der Waals surface area (Å²) in [4.78, 5) is 14.3. The predicted octanol–water partition coefficient (Wildman–Crippen LogP) is 2.84. The van der Waals surface area contributed by atoms with Gasteiger partial charge in [0, 0.05) is 19.5 Å². The fraction of sp³-hybridized carbons (Fsp3) is 0.933. The Kier molecular flexibility index (Phi) is 7.77. The lowest BCUT2D eigenvalue weighted by Crippen LogP contribution is -2.39. The molecule has 1 N–H and O–H groups in total. The van der Waals surface area contributed by atoms with Crippen LogP contribution in [0.5, 0.6) is 0 Å². The first-order valence-corrected chi connectivity index (χ1v) is 7.73. The lowest BCUT2D eigenvalue weighted by Gasteiger charge is -2.29. The van der Waals surface area contributed by atoms with Gasteiger partial charge in [-0.2, -0.15) is 0 Å². The van der Waals surface area contributed by atoms with Crippen LogP contribution >= 0.6 is 12.4 Å². The average molecular weight is 289 g/mol. The molecule has 0 radical (unpaired) electrons. The van der Waals surface area contributed by atoms with E-state index in [9.17, 15) is 4.79 Å². The Balaban J connectivity index is 0.00000180. The molecule has 0 atom stereocenters. The van der Waals surface area contributed by atoms with Crippen LogP contribution in [0.25, 0.3) is 0 Å². The molecular formula is C15H29ClN2O. The molecule has 112 valence electrons. The van der Waals surface area contributed by atoms with E-state index in [0.29, 0.717) is 5.91 Å². The van der Waals surface area contributed by atoms with Crippen molar-refractivity contribution in [1.82, 2.24) is 10.2 Å². The van der Waals surface area contributed by atoms with Crippen LogP contribution in [-0.4, -0.2) is 37.5 Å². The molecule has 0 spiro atoms. The van der Waals surface area contributed by atoms with Gasteiger partial charge in [-0.25, -0.2) is 0 Å². The first kappa shape index (κ1) is 16.8. The molecule has 1 heterocycles. The van der Waals surface area contributed by atoms with Crippen LogP contribution in [-0.2, 0) is 4.79 Å². The molecule has 0 aromatic carbocycles. The first-order valence-electron chi connectivity index (χ1n) is 7.73. The molecule has 0 aromatic heterocycles. The molecule has 1 aliphatic heterocycles. The summed E-state index contributed by atoms with van der Waals surface area (Å²) in [5.74, 6) is 1.54. The Morgan fingerprint density at radius 2 is 1.74 bits per heavy atom. The van der Waals surface area contributed by atoms with Crippen molar-refractivity contribution in [2.75, 3.05) is 26.7 Å². The molecule has 1 saturated carbocycles. The summed E-state index contributed by atoms with van der Waals surface area (Å²) in [6, 6.07) is 0. The summed E-state index contributed by atoms with van der Waals surface area (Å²) < 4.78 is 0. The molecule has 1 amide bonds. The number of nitrogens with one attached hydrogen (secondary N) is 1. The molecule has 1 saturated heterocycles. The predicted molar refractivity (Wildman–Crippen MR) is 81.7 cm³/mol. The largest absolute Gasteiger partial charge is 0.346 e.